The molecule has 0 aromatic carbocycles. The summed E-state index contributed by atoms with van der Waals surface area (Å²) >= 11 is 5.69. The highest BCUT2D eigenvalue weighted by Gasteiger charge is 2.59. The van der Waals surface area contributed by atoms with Crippen LogP contribution in [0.1, 0.15) is 24.1 Å². The Hall–Kier alpha value is -0.890. The Balaban J connectivity index is 2.52. The summed E-state index contributed by atoms with van der Waals surface area (Å²) in [5.41, 5.74) is 1.97. The lowest BCUT2D eigenvalue weighted by Gasteiger charge is -2.44. The Morgan fingerprint density at radius 1 is 1.33 bits per heavy atom. The van der Waals surface area contributed by atoms with Gasteiger partial charge in [0.05, 0.1) is 5.54 Å². The average Bonchev–Trinajstić information content (AvgIpc) is 2.39. The molecular weight excluding hydrogens is 281 g/mol. The number of alkyl halides is 5. The van der Waals surface area contributed by atoms with Crippen LogP contribution in [0.4, 0.5) is 22.0 Å². The van der Waals surface area contributed by atoms with Crippen molar-refractivity contribution in [2.75, 3.05) is 0 Å². The molecule has 0 bridgehead atoms. The lowest BCUT2D eigenvalue weighted by atomic mass is 9.70. The van der Waals surface area contributed by atoms with E-state index >= 15 is 0 Å². The zero-order chi connectivity index (χ0) is 13.9. The van der Waals surface area contributed by atoms with Crippen LogP contribution in [-0.4, -0.2) is 15.7 Å². The van der Waals surface area contributed by atoms with E-state index in [1.54, 1.807) is 0 Å². The maximum absolute atomic E-state index is 12.9. The molecule has 102 valence electrons. The third-order valence-electron chi connectivity index (χ3n) is 2.89. The quantitative estimate of drug-likeness (QED) is 0.808. The van der Waals surface area contributed by atoms with E-state index < -0.39 is 41.7 Å². The van der Waals surface area contributed by atoms with E-state index in [1.807, 2.05) is 0 Å². The van der Waals surface area contributed by atoms with Crippen molar-refractivity contribution in [1.29, 1.82) is 0 Å². The van der Waals surface area contributed by atoms with E-state index in [1.165, 1.54) is 7.05 Å². The molecule has 1 aromatic heterocycles. The molecule has 1 aliphatic carbocycles. The highest BCUT2D eigenvalue weighted by atomic mass is 35.5. The molecule has 3 nitrogen and oxygen atoms in total. The summed E-state index contributed by atoms with van der Waals surface area (Å²) in [6, 6.07) is 0. The van der Waals surface area contributed by atoms with E-state index in [9.17, 15) is 22.0 Å². The van der Waals surface area contributed by atoms with Gasteiger partial charge in [0.25, 0.3) is 5.92 Å². The van der Waals surface area contributed by atoms with Crippen molar-refractivity contribution in [1.82, 2.24) is 9.78 Å². The van der Waals surface area contributed by atoms with Crippen molar-refractivity contribution in [3.05, 3.63) is 16.4 Å². The number of hydrogen-bond acceptors (Lipinski definition) is 2. The molecule has 1 heterocycles. The van der Waals surface area contributed by atoms with E-state index in [4.69, 9.17) is 17.3 Å². The fraction of sp³-hybridized carbons (Fsp3) is 0.667. The van der Waals surface area contributed by atoms with Gasteiger partial charge in [-0.1, -0.05) is 11.6 Å². The molecular formula is C9H9ClF5N3. The lowest BCUT2D eigenvalue weighted by molar-refractivity contribution is -0.150. The number of nitrogens with two attached hydrogens (primary N) is 1. The SMILES string of the molecule is Cn1nc(C(F)(F)F)c(C2(N)CC(F)(F)C2)c1Cl. The van der Waals surface area contributed by atoms with Crippen molar-refractivity contribution in [3.8, 4) is 0 Å². The zero-order valence-corrected chi connectivity index (χ0v) is 9.91. The second-order valence-electron chi connectivity index (χ2n) is 4.50. The lowest BCUT2D eigenvalue weighted by Crippen LogP contribution is -2.56. The van der Waals surface area contributed by atoms with Gasteiger partial charge in [0.2, 0.25) is 0 Å². The van der Waals surface area contributed by atoms with Crippen LogP contribution < -0.4 is 5.73 Å². The molecule has 0 aliphatic heterocycles. The maximum Gasteiger partial charge on any atom is 0.435 e. The second kappa shape index (κ2) is 3.57. The van der Waals surface area contributed by atoms with Gasteiger partial charge in [-0.3, -0.25) is 4.68 Å². The molecule has 2 N–H and O–H groups in total. The minimum absolute atomic E-state index is 0.361. The van der Waals surface area contributed by atoms with Crippen LogP contribution in [0.15, 0.2) is 0 Å². The van der Waals surface area contributed by atoms with Gasteiger partial charge < -0.3 is 5.73 Å². The molecule has 1 aliphatic rings. The van der Waals surface area contributed by atoms with Gasteiger partial charge in [-0.25, -0.2) is 8.78 Å². The summed E-state index contributed by atoms with van der Waals surface area (Å²) < 4.78 is 64.7. The van der Waals surface area contributed by atoms with Crippen LogP contribution in [-0.2, 0) is 18.8 Å². The minimum Gasteiger partial charge on any atom is -0.321 e. The van der Waals surface area contributed by atoms with Gasteiger partial charge in [-0.05, 0) is 0 Å². The van der Waals surface area contributed by atoms with Crippen LogP contribution >= 0.6 is 11.6 Å². The first-order valence-electron chi connectivity index (χ1n) is 4.93. The largest absolute Gasteiger partial charge is 0.435 e. The van der Waals surface area contributed by atoms with E-state index in [2.05, 4.69) is 5.10 Å². The van der Waals surface area contributed by atoms with E-state index in [0.29, 0.717) is 0 Å². The van der Waals surface area contributed by atoms with Crippen molar-refractivity contribution in [2.45, 2.75) is 30.5 Å². The summed E-state index contributed by atoms with van der Waals surface area (Å²) in [5, 5.41) is 2.85. The van der Waals surface area contributed by atoms with Gasteiger partial charge in [0.15, 0.2) is 5.69 Å². The zero-order valence-electron chi connectivity index (χ0n) is 9.15. The predicted octanol–water partition coefficient (Wildman–Crippen LogP) is 2.68. The first-order chi connectivity index (χ1) is 7.96. The molecule has 9 heteroatoms. The first kappa shape index (κ1) is 13.5. The van der Waals surface area contributed by atoms with Gasteiger partial charge in [-0.2, -0.15) is 18.3 Å². The van der Waals surface area contributed by atoms with Crippen LogP contribution in [0.2, 0.25) is 5.15 Å². The molecule has 0 radical (unpaired) electrons. The van der Waals surface area contributed by atoms with Crippen molar-refractivity contribution < 1.29 is 22.0 Å². The molecule has 0 unspecified atom stereocenters. The van der Waals surface area contributed by atoms with Crippen LogP contribution in [0, 0.1) is 0 Å². The van der Waals surface area contributed by atoms with Crippen LogP contribution in [0.3, 0.4) is 0 Å². The summed E-state index contributed by atoms with van der Waals surface area (Å²) in [4.78, 5) is 0. The Labute approximate surface area is 104 Å². The Bertz CT molecular complexity index is 485. The molecule has 1 saturated carbocycles. The smallest absolute Gasteiger partial charge is 0.321 e. The van der Waals surface area contributed by atoms with Gasteiger partial charge in [-0.15, -0.1) is 0 Å². The fourth-order valence-electron chi connectivity index (χ4n) is 2.19. The van der Waals surface area contributed by atoms with Gasteiger partial charge in [0, 0.05) is 25.5 Å². The molecule has 0 spiro atoms. The summed E-state index contributed by atoms with van der Waals surface area (Å²) in [6.45, 7) is 0. The van der Waals surface area contributed by atoms with Crippen LogP contribution in [0.5, 0.6) is 0 Å². The van der Waals surface area contributed by atoms with Gasteiger partial charge in [0.1, 0.15) is 5.15 Å². The van der Waals surface area contributed by atoms with Crippen molar-refractivity contribution >= 4 is 11.6 Å². The molecule has 0 saturated heterocycles. The molecule has 0 atom stereocenters. The normalized spacial score (nSPS) is 21.8. The standard InChI is InChI=1S/C9H9ClF5N3/c1-18-6(10)4(5(17-18)9(13,14)15)7(16)2-8(11,12)3-7/h2-3,16H2,1H3. The summed E-state index contributed by atoms with van der Waals surface area (Å²) in [7, 11) is 1.20. The second-order valence-corrected chi connectivity index (χ2v) is 4.86. The number of halogens is 6. The van der Waals surface area contributed by atoms with E-state index in [-0.39, 0.29) is 5.15 Å². The Kier molecular flexibility index (Phi) is 2.68. The van der Waals surface area contributed by atoms with Gasteiger partial charge >= 0.3 is 6.18 Å². The predicted molar refractivity (Wildman–Crippen MR) is 53.3 cm³/mol. The van der Waals surface area contributed by atoms with Crippen molar-refractivity contribution in [2.24, 2.45) is 12.8 Å². The topological polar surface area (TPSA) is 43.8 Å². The molecule has 1 aromatic rings. The van der Waals surface area contributed by atoms with Crippen molar-refractivity contribution in [3.63, 3.8) is 0 Å². The summed E-state index contributed by atoms with van der Waals surface area (Å²) in [6.07, 6.45) is -6.51. The highest BCUT2D eigenvalue weighted by molar-refractivity contribution is 6.30. The molecule has 2 rings (SSSR count). The number of aryl methyl sites for hydroxylation is 1. The Morgan fingerprint density at radius 2 is 1.83 bits per heavy atom. The first-order valence-corrected chi connectivity index (χ1v) is 5.31. The van der Waals surface area contributed by atoms with E-state index in [0.717, 1.165) is 4.68 Å². The maximum atomic E-state index is 12.9. The minimum atomic E-state index is -4.78. The monoisotopic (exact) mass is 289 g/mol. The van der Waals surface area contributed by atoms with Crippen LogP contribution in [0.25, 0.3) is 0 Å². The average molecular weight is 290 g/mol. The highest BCUT2D eigenvalue weighted by Crippen LogP contribution is 2.53. The fourth-order valence-corrected chi connectivity index (χ4v) is 2.51. The Morgan fingerprint density at radius 3 is 2.22 bits per heavy atom. The number of hydrogen-bond donors (Lipinski definition) is 1. The number of nitrogens with zero attached hydrogens (tertiary/aromatic N) is 2. The molecule has 1 fully saturated rings. The third-order valence-corrected chi connectivity index (χ3v) is 3.33. The summed E-state index contributed by atoms with van der Waals surface area (Å²) in [5.74, 6) is -3.06. The third kappa shape index (κ3) is 1.97. The number of aromatic nitrogens is 2. The number of rotatable bonds is 1. The molecule has 18 heavy (non-hydrogen) atoms. The molecule has 0 amide bonds.